The Hall–Kier alpha value is -1.31. The molecule has 4 heteroatoms. The topological polar surface area (TPSA) is 38.7 Å². The summed E-state index contributed by atoms with van der Waals surface area (Å²) in [6.07, 6.45) is 4.34. The summed E-state index contributed by atoms with van der Waals surface area (Å²) in [5, 5.41) is 0.623. The average Bonchev–Trinajstić information content (AvgIpc) is 2.89. The molecule has 0 aromatic heterocycles. The highest BCUT2D eigenvalue weighted by Crippen LogP contribution is 2.51. The number of aliphatic imine (C=N–C) groups is 1. The molecule has 0 N–H and O–H groups in total. The van der Waals surface area contributed by atoms with Gasteiger partial charge in [0.05, 0.1) is 17.2 Å². The Balaban J connectivity index is 2.10. The van der Waals surface area contributed by atoms with Crippen molar-refractivity contribution in [3.63, 3.8) is 0 Å². The van der Waals surface area contributed by atoms with Gasteiger partial charge in [0.25, 0.3) is 0 Å². The van der Waals surface area contributed by atoms with Gasteiger partial charge in [-0.1, -0.05) is 11.6 Å². The summed E-state index contributed by atoms with van der Waals surface area (Å²) < 4.78 is 5.44. The second kappa shape index (κ2) is 3.34. The Morgan fingerprint density at radius 3 is 2.94 bits per heavy atom. The van der Waals surface area contributed by atoms with Crippen LogP contribution in [0.5, 0.6) is 5.75 Å². The lowest BCUT2D eigenvalue weighted by molar-refractivity contribution is 0.357. The van der Waals surface area contributed by atoms with E-state index in [1.54, 1.807) is 6.08 Å². The predicted molar refractivity (Wildman–Crippen MR) is 59.7 cm³/mol. The summed E-state index contributed by atoms with van der Waals surface area (Å²) in [5.74, 6) is 0.788. The van der Waals surface area contributed by atoms with Gasteiger partial charge >= 0.3 is 0 Å². The second-order valence-corrected chi connectivity index (χ2v) is 4.69. The van der Waals surface area contributed by atoms with Crippen LogP contribution in [0.15, 0.2) is 17.1 Å². The minimum atomic E-state index is -0.344. The van der Waals surface area contributed by atoms with Crippen LogP contribution in [0.2, 0.25) is 5.02 Å². The highest BCUT2D eigenvalue weighted by molar-refractivity contribution is 6.32. The normalized spacial score (nSPS) is 19.6. The Morgan fingerprint density at radius 1 is 1.44 bits per heavy atom. The number of carbonyl (C=O) groups excluding carboxylic acids is 1. The molecule has 0 spiro atoms. The summed E-state index contributed by atoms with van der Waals surface area (Å²) in [6, 6.07) is 3.92. The van der Waals surface area contributed by atoms with Crippen LogP contribution in [-0.2, 0) is 16.8 Å². The number of isocyanates is 1. The second-order valence-electron chi connectivity index (χ2n) is 4.28. The Labute approximate surface area is 98.1 Å². The lowest BCUT2D eigenvalue weighted by Crippen LogP contribution is -2.02. The van der Waals surface area contributed by atoms with Crippen LogP contribution in [0.3, 0.4) is 0 Å². The van der Waals surface area contributed by atoms with E-state index in [1.807, 2.05) is 6.07 Å². The molecule has 0 saturated heterocycles. The van der Waals surface area contributed by atoms with Gasteiger partial charge in [-0.2, -0.15) is 4.99 Å². The molecule has 82 valence electrons. The highest BCUT2D eigenvalue weighted by atomic mass is 35.5. The lowest BCUT2D eigenvalue weighted by atomic mass is 10.0. The van der Waals surface area contributed by atoms with Crippen LogP contribution < -0.4 is 4.74 Å². The fraction of sp³-hybridized carbons (Fsp3) is 0.417. The summed E-state index contributed by atoms with van der Waals surface area (Å²) in [4.78, 5) is 14.3. The fourth-order valence-corrected chi connectivity index (χ4v) is 2.49. The van der Waals surface area contributed by atoms with Gasteiger partial charge in [0.2, 0.25) is 6.08 Å². The zero-order valence-corrected chi connectivity index (χ0v) is 9.38. The highest BCUT2D eigenvalue weighted by Gasteiger charge is 2.45. The minimum absolute atomic E-state index is 0.344. The fourth-order valence-electron chi connectivity index (χ4n) is 2.20. The van der Waals surface area contributed by atoms with Crippen molar-refractivity contribution >= 4 is 17.7 Å². The standard InChI is InChI=1S/C12H10ClNO2/c13-10-6-9(12(2-3-12)14-7-15)5-8-1-4-16-11(8)10/h5-6H,1-4H2. The molecule has 1 aliphatic heterocycles. The molecule has 1 heterocycles. The molecule has 0 unspecified atom stereocenters. The van der Waals surface area contributed by atoms with Crippen LogP contribution in [0, 0.1) is 0 Å². The molecule has 1 saturated carbocycles. The molecular formula is C12H10ClNO2. The first-order valence-electron chi connectivity index (χ1n) is 5.30. The summed E-state index contributed by atoms with van der Waals surface area (Å²) >= 11 is 6.14. The molecule has 1 aliphatic carbocycles. The number of hydrogen-bond donors (Lipinski definition) is 0. The molecule has 0 bridgehead atoms. The summed E-state index contributed by atoms with van der Waals surface area (Å²) in [6.45, 7) is 0.683. The zero-order valence-electron chi connectivity index (χ0n) is 8.62. The number of benzene rings is 1. The molecular weight excluding hydrogens is 226 g/mol. The minimum Gasteiger partial charge on any atom is -0.491 e. The molecule has 3 nitrogen and oxygen atoms in total. The molecule has 3 rings (SSSR count). The van der Waals surface area contributed by atoms with Crippen molar-refractivity contribution < 1.29 is 9.53 Å². The summed E-state index contributed by atoms with van der Waals surface area (Å²) in [7, 11) is 0. The maximum atomic E-state index is 10.4. The first-order valence-corrected chi connectivity index (χ1v) is 5.68. The molecule has 1 fully saturated rings. The first kappa shape index (κ1) is 9.88. The molecule has 1 aromatic carbocycles. The van der Waals surface area contributed by atoms with Gasteiger partial charge in [-0.25, -0.2) is 4.79 Å². The van der Waals surface area contributed by atoms with Crippen molar-refractivity contribution in [2.45, 2.75) is 24.8 Å². The number of rotatable bonds is 2. The van der Waals surface area contributed by atoms with Crippen LogP contribution in [0.25, 0.3) is 0 Å². The molecule has 0 radical (unpaired) electrons. The number of nitrogens with zero attached hydrogens (tertiary/aromatic N) is 1. The van der Waals surface area contributed by atoms with Gasteiger partial charge in [-0.3, -0.25) is 0 Å². The van der Waals surface area contributed by atoms with E-state index in [0.29, 0.717) is 11.6 Å². The third-order valence-corrected chi connectivity index (χ3v) is 3.54. The van der Waals surface area contributed by atoms with Gasteiger partial charge in [-0.15, -0.1) is 0 Å². The van der Waals surface area contributed by atoms with Crippen LogP contribution in [0.1, 0.15) is 24.0 Å². The zero-order chi connectivity index (χ0) is 11.2. The lowest BCUT2D eigenvalue weighted by Gasteiger charge is -2.11. The molecule has 16 heavy (non-hydrogen) atoms. The SMILES string of the molecule is O=C=NC1(c2cc(Cl)c3c(c2)CCO3)CC1. The maximum absolute atomic E-state index is 10.4. The number of fused-ring (bicyclic) bond motifs is 1. The van der Waals surface area contributed by atoms with E-state index in [9.17, 15) is 4.79 Å². The van der Waals surface area contributed by atoms with Gasteiger partial charge in [0.15, 0.2) is 0 Å². The monoisotopic (exact) mass is 235 g/mol. The smallest absolute Gasteiger partial charge is 0.235 e. The van der Waals surface area contributed by atoms with E-state index in [1.165, 1.54) is 0 Å². The Kier molecular flexibility index (Phi) is 2.06. The van der Waals surface area contributed by atoms with Crippen molar-refractivity contribution in [3.05, 3.63) is 28.3 Å². The largest absolute Gasteiger partial charge is 0.491 e. The number of hydrogen-bond acceptors (Lipinski definition) is 3. The molecule has 0 atom stereocenters. The third-order valence-electron chi connectivity index (χ3n) is 3.26. The summed E-state index contributed by atoms with van der Waals surface area (Å²) in [5.41, 5.74) is 1.79. The van der Waals surface area contributed by atoms with Gasteiger partial charge < -0.3 is 4.74 Å². The molecule has 1 aromatic rings. The van der Waals surface area contributed by atoms with Gasteiger partial charge in [-0.05, 0) is 36.1 Å². The van der Waals surface area contributed by atoms with E-state index in [4.69, 9.17) is 16.3 Å². The van der Waals surface area contributed by atoms with E-state index in [-0.39, 0.29) is 5.54 Å². The van der Waals surface area contributed by atoms with Crippen molar-refractivity contribution in [1.82, 2.24) is 0 Å². The van der Waals surface area contributed by atoms with Crippen LogP contribution in [-0.4, -0.2) is 12.7 Å². The van der Waals surface area contributed by atoms with Gasteiger partial charge in [0, 0.05) is 6.42 Å². The Bertz CT molecular complexity index is 502. The first-order chi connectivity index (χ1) is 7.75. The van der Waals surface area contributed by atoms with Crippen molar-refractivity contribution in [1.29, 1.82) is 0 Å². The Morgan fingerprint density at radius 2 is 2.25 bits per heavy atom. The van der Waals surface area contributed by atoms with Crippen LogP contribution in [0.4, 0.5) is 0 Å². The number of halogens is 1. The van der Waals surface area contributed by atoms with E-state index < -0.39 is 0 Å². The number of ether oxygens (including phenoxy) is 1. The van der Waals surface area contributed by atoms with Crippen molar-refractivity contribution in [2.75, 3.05) is 6.61 Å². The van der Waals surface area contributed by atoms with Crippen molar-refractivity contribution in [2.24, 2.45) is 4.99 Å². The van der Waals surface area contributed by atoms with E-state index in [2.05, 4.69) is 11.1 Å². The average molecular weight is 236 g/mol. The van der Waals surface area contributed by atoms with Crippen molar-refractivity contribution in [3.8, 4) is 5.75 Å². The molecule has 0 amide bonds. The maximum Gasteiger partial charge on any atom is 0.235 e. The van der Waals surface area contributed by atoms with E-state index >= 15 is 0 Å². The van der Waals surface area contributed by atoms with E-state index in [0.717, 1.165) is 36.1 Å². The van der Waals surface area contributed by atoms with Gasteiger partial charge in [0.1, 0.15) is 5.75 Å². The molecule has 2 aliphatic rings. The quantitative estimate of drug-likeness (QED) is 0.584. The predicted octanol–water partition coefficient (Wildman–Crippen LogP) is 2.60. The van der Waals surface area contributed by atoms with Crippen LogP contribution >= 0.6 is 11.6 Å². The third kappa shape index (κ3) is 1.36.